The maximum Gasteiger partial charge on any atom is 0.146 e. The first-order valence-electron chi connectivity index (χ1n) is 6.97. The van der Waals surface area contributed by atoms with Crippen LogP contribution in [-0.4, -0.2) is 21.0 Å². The Morgan fingerprint density at radius 2 is 1.45 bits per heavy atom. The second-order valence-corrected chi connectivity index (χ2v) is 5.97. The lowest BCUT2D eigenvalue weighted by molar-refractivity contribution is 0.462. The molecule has 1 heterocycles. The first-order valence-corrected chi connectivity index (χ1v) is 6.97. The van der Waals surface area contributed by atoms with Crippen molar-refractivity contribution in [2.24, 2.45) is 9.98 Å². The Hall–Kier alpha value is -2.82. The fraction of sp³-hybridized carbons (Fsp3) is 0.176. The summed E-state index contributed by atoms with van der Waals surface area (Å²) in [4.78, 5) is 8.94. The largest absolute Gasteiger partial charge is 0.507 e. The molecule has 110 valence electrons. The van der Waals surface area contributed by atoms with Crippen molar-refractivity contribution in [2.45, 2.75) is 19.5 Å². The van der Waals surface area contributed by atoms with Gasteiger partial charge in [-0.3, -0.25) is 9.98 Å². The number of rotatable bonds is 0. The predicted octanol–water partition coefficient (Wildman–Crippen LogP) is 2.10. The van der Waals surface area contributed by atoms with Gasteiger partial charge in [0.1, 0.15) is 22.9 Å². The standard InChI is InChI=1S/C17H14N2O3/c1-17(2)18-10-7-11(20)12-13(14(10)19-17)16(22)9-6-4-3-5-8(9)15(12)21/h3-7,20-22H,1-2H3. The van der Waals surface area contributed by atoms with E-state index in [0.29, 0.717) is 26.9 Å². The minimum Gasteiger partial charge on any atom is -0.507 e. The molecule has 0 bridgehead atoms. The summed E-state index contributed by atoms with van der Waals surface area (Å²) in [5.74, 6) is -0.195. The van der Waals surface area contributed by atoms with Gasteiger partial charge in [-0.1, -0.05) is 24.3 Å². The highest BCUT2D eigenvalue weighted by Gasteiger charge is 2.24. The van der Waals surface area contributed by atoms with Crippen molar-refractivity contribution in [3.63, 3.8) is 0 Å². The summed E-state index contributed by atoms with van der Waals surface area (Å²) in [6.07, 6.45) is 0. The van der Waals surface area contributed by atoms with Crippen LogP contribution < -0.4 is 10.7 Å². The molecule has 0 radical (unpaired) electrons. The Bertz CT molecular complexity index is 1080. The zero-order chi connectivity index (χ0) is 15.6. The van der Waals surface area contributed by atoms with Crippen LogP contribution in [-0.2, 0) is 0 Å². The second-order valence-electron chi connectivity index (χ2n) is 5.97. The molecule has 4 rings (SSSR count). The molecule has 5 nitrogen and oxygen atoms in total. The first-order chi connectivity index (χ1) is 10.4. The SMILES string of the molecule is CC1(C)N=c2cc(O)c3c(O)c4ccccc4c(O)c3c2=N1. The van der Waals surface area contributed by atoms with Crippen LogP contribution in [0.15, 0.2) is 40.3 Å². The van der Waals surface area contributed by atoms with Crippen molar-refractivity contribution in [2.75, 3.05) is 0 Å². The monoisotopic (exact) mass is 294 g/mol. The predicted molar refractivity (Wildman–Crippen MR) is 82.8 cm³/mol. The molecule has 0 atom stereocenters. The summed E-state index contributed by atoms with van der Waals surface area (Å²) < 4.78 is 0. The normalized spacial score (nSPS) is 15.5. The minimum atomic E-state index is -0.656. The van der Waals surface area contributed by atoms with Gasteiger partial charge in [0.05, 0.1) is 21.5 Å². The Morgan fingerprint density at radius 1 is 0.864 bits per heavy atom. The van der Waals surface area contributed by atoms with Gasteiger partial charge in [-0.2, -0.15) is 0 Å². The van der Waals surface area contributed by atoms with E-state index in [4.69, 9.17) is 0 Å². The third-order valence-corrected chi connectivity index (χ3v) is 3.95. The molecule has 1 aliphatic rings. The number of hydrogen-bond donors (Lipinski definition) is 3. The molecule has 0 saturated carbocycles. The van der Waals surface area contributed by atoms with Gasteiger partial charge in [-0.15, -0.1) is 0 Å². The molecule has 1 aliphatic heterocycles. The smallest absolute Gasteiger partial charge is 0.146 e. The van der Waals surface area contributed by atoms with Crippen LogP contribution in [0, 0.1) is 0 Å². The number of aromatic hydroxyl groups is 3. The summed E-state index contributed by atoms with van der Waals surface area (Å²) >= 11 is 0. The van der Waals surface area contributed by atoms with Gasteiger partial charge in [0, 0.05) is 16.8 Å². The molecule has 0 unspecified atom stereocenters. The van der Waals surface area contributed by atoms with Crippen LogP contribution in [0.1, 0.15) is 13.8 Å². The molecule has 22 heavy (non-hydrogen) atoms. The van der Waals surface area contributed by atoms with Crippen molar-refractivity contribution >= 4 is 21.5 Å². The van der Waals surface area contributed by atoms with Crippen LogP contribution in [0.3, 0.4) is 0 Å². The van der Waals surface area contributed by atoms with Gasteiger partial charge >= 0.3 is 0 Å². The topological polar surface area (TPSA) is 85.4 Å². The van der Waals surface area contributed by atoms with E-state index < -0.39 is 5.66 Å². The number of fused-ring (bicyclic) bond motifs is 4. The minimum absolute atomic E-state index is 0.00722. The van der Waals surface area contributed by atoms with Crippen LogP contribution in [0.25, 0.3) is 21.5 Å². The maximum absolute atomic E-state index is 10.7. The first kappa shape index (κ1) is 12.9. The van der Waals surface area contributed by atoms with E-state index in [1.54, 1.807) is 24.3 Å². The molecule has 0 amide bonds. The van der Waals surface area contributed by atoms with Crippen molar-refractivity contribution in [1.29, 1.82) is 0 Å². The van der Waals surface area contributed by atoms with Gasteiger partial charge < -0.3 is 15.3 Å². The van der Waals surface area contributed by atoms with Crippen molar-refractivity contribution < 1.29 is 15.3 Å². The molecule has 5 heteroatoms. The average molecular weight is 294 g/mol. The highest BCUT2D eigenvalue weighted by atomic mass is 16.3. The van der Waals surface area contributed by atoms with Crippen LogP contribution >= 0.6 is 0 Å². The Labute approximate surface area is 125 Å². The van der Waals surface area contributed by atoms with Gasteiger partial charge in [0.25, 0.3) is 0 Å². The van der Waals surface area contributed by atoms with E-state index in [0.717, 1.165) is 0 Å². The molecule has 0 saturated heterocycles. The van der Waals surface area contributed by atoms with Gasteiger partial charge in [-0.25, -0.2) is 0 Å². The molecule has 3 aromatic rings. The molecule has 0 aromatic heterocycles. The molecule has 3 aromatic carbocycles. The number of phenolic OH excluding ortho intramolecular Hbond substituents is 3. The molecule has 3 N–H and O–H groups in total. The van der Waals surface area contributed by atoms with Crippen molar-refractivity contribution in [3.8, 4) is 17.2 Å². The van der Waals surface area contributed by atoms with E-state index >= 15 is 0 Å². The fourth-order valence-electron chi connectivity index (χ4n) is 3.07. The third-order valence-electron chi connectivity index (χ3n) is 3.95. The lowest BCUT2D eigenvalue weighted by atomic mass is 9.99. The molecular weight excluding hydrogens is 280 g/mol. The lowest BCUT2D eigenvalue weighted by Crippen LogP contribution is -2.22. The lowest BCUT2D eigenvalue weighted by Gasteiger charge is -2.10. The summed E-state index contributed by atoms with van der Waals surface area (Å²) in [6.45, 7) is 3.68. The molecular formula is C17H14N2O3. The summed E-state index contributed by atoms with van der Waals surface area (Å²) in [5, 5.41) is 34.0. The van der Waals surface area contributed by atoms with Crippen LogP contribution in [0.2, 0.25) is 0 Å². The van der Waals surface area contributed by atoms with E-state index in [2.05, 4.69) is 9.98 Å². The molecule has 0 fully saturated rings. The van der Waals surface area contributed by atoms with Crippen molar-refractivity contribution in [3.05, 3.63) is 41.0 Å². The van der Waals surface area contributed by atoms with E-state index in [1.165, 1.54) is 6.07 Å². The zero-order valence-electron chi connectivity index (χ0n) is 12.1. The summed E-state index contributed by atoms with van der Waals surface area (Å²) in [7, 11) is 0. The van der Waals surface area contributed by atoms with E-state index in [9.17, 15) is 15.3 Å². The second kappa shape index (κ2) is 3.88. The number of benzene rings is 3. The van der Waals surface area contributed by atoms with Crippen LogP contribution in [0.4, 0.5) is 0 Å². The third kappa shape index (κ3) is 1.53. The highest BCUT2D eigenvalue weighted by molar-refractivity contribution is 6.12. The molecule has 0 aliphatic carbocycles. The summed E-state index contributed by atoms with van der Waals surface area (Å²) in [6, 6.07) is 8.44. The fourth-order valence-corrected chi connectivity index (χ4v) is 3.07. The van der Waals surface area contributed by atoms with E-state index in [1.807, 2.05) is 13.8 Å². The van der Waals surface area contributed by atoms with Gasteiger partial charge in [0.2, 0.25) is 0 Å². The number of hydrogen-bond acceptors (Lipinski definition) is 5. The maximum atomic E-state index is 10.7. The molecule has 0 spiro atoms. The van der Waals surface area contributed by atoms with Gasteiger partial charge in [0.15, 0.2) is 0 Å². The Balaban J connectivity index is 2.39. The average Bonchev–Trinajstić information content (AvgIpc) is 2.77. The Kier molecular flexibility index (Phi) is 2.27. The highest BCUT2D eigenvalue weighted by Crippen LogP contribution is 2.43. The number of nitrogens with zero attached hydrogens (tertiary/aromatic N) is 2. The van der Waals surface area contributed by atoms with Crippen molar-refractivity contribution in [1.82, 2.24) is 0 Å². The van der Waals surface area contributed by atoms with Gasteiger partial charge in [-0.05, 0) is 13.8 Å². The Morgan fingerprint density at radius 3 is 2.09 bits per heavy atom. The van der Waals surface area contributed by atoms with Crippen LogP contribution in [0.5, 0.6) is 17.2 Å². The number of phenols is 3. The quantitative estimate of drug-likeness (QED) is 0.438. The van der Waals surface area contributed by atoms with E-state index in [-0.39, 0.29) is 22.6 Å². The summed E-state index contributed by atoms with van der Waals surface area (Å²) in [5.41, 5.74) is -0.656. The zero-order valence-corrected chi connectivity index (χ0v) is 12.1.